The molecule has 0 fully saturated rings. The van der Waals surface area contributed by atoms with Crippen molar-refractivity contribution in [1.82, 2.24) is 5.32 Å². The molecule has 0 aliphatic heterocycles. The molecule has 0 bridgehead atoms. The van der Waals surface area contributed by atoms with E-state index in [4.69, 9.17) is 4.74 Å². The van der Waals surface area contributed by atoms with Crippen LogP contribution in [0.15, 0.2) is 36.4 Å². The minimum absolute atomic E-state index is 0.296. The van der Waals surface area contributed by atoms with Crippen molar-refractivity contribution in [2.75, 3.05) is 6.61 Å². The SMILES string of the molecule is Cc1ccc(C(=O)OCC(=O)N[C@H](C)c2ccc(F)cc2)s1. The molecule has 0 aliphatic rings. The van der Waals surface area contributed by atoms with Crippen LogP contribution in [0.3, 0.4) is 0 Å². The summed E-state index contributed by atoms with van der Waals surface area (Å²) in [5, 5.41) is 2.69. The minimum Gasteiger partial charge on any atom is -0.451 e. The van der Waals surface area contributed by atoms with Gasteiger partial charge in [-0.05, 0) is 43.7 Å². The van der Waals surface area contributed by atoms with Crippen LogP contribution in [0.1, 0.15) is 33.1 Å². The second-order valence-corrected chi connectivity index (χ2v) is 6.12. The molecular weight excluding hydrogens is 305 g/mol. The van der Waals surface area contributed by atoms with E-state index in [0.717, 1.165) is 10.4 Å². The van der Waals surface area contributed by atoms with E-state index in [0.29, 0.717) is 4.88 Å². The number of amides is 1. The van der Waals surface area contributed by atoms with Gasteiger partial charge >= 0.3 is 5.97 Å². The van der Waals surface area contributed by atoms with Crippen LogP contribution in [0.4, 0.5) is 4.39 Å². The molecule has 1 amide bonds. The number of ether oxygens (including phenoxy) is 1. The first-order valence-corrected chi connectivity index (χ1v) is 7.56. The molecule has 22 heavy (non-hydrogen) atoms. The van der Waals surface area contributed by atoms with E-state index in [1.165, 1.54) is 23.5 Å². The fourth-order valence-corrected chi connectivity index (χ4v) is 2.63. The lowest BCUT2D eigenvalue weighted by Crippen LogP contribution is -2.31. The summed E-state index contributed by atoms with van der Waals surface area (Å²) < 4.78 is 17.8. The lowest BCUT2D eigenvalue weighted by atomic mass is 10.1. The van der Waals surface area contributed by atoms with Crippen molar-refractivity contribution in [3.63, 3.8) is 0 Å². The molecule has 4 nitrogen and oxygen atoms in total. The van der Waals surface area contributed by atoms with Crippen LogP contribution in [-0.4, -0.2) is 18.5 Å². The van der Waals surface area contributed by atoms with E-state index in [2.05, 4.69) is 5.32 Å². The Morgan fingerprint density at radius 1 is 1.23 bits per heavy atom. The summed E-state index contributed by atoms with van der Waals surface area (Å²) in [5.74, 6) is -1.25. The zero-order valence-corrected chi connectivity index (χ0v) is 13.1. The quantitative estimate of drug-likeness (QED) is 0.860. The molecule has 0 spiro atoms. The van der Waals surface area contributed by atoms with Gasteiger partial charge in [0.05, 0.1) is 6.04 Å². The first kappa shape index (κ1) is 16.2. The third kappa shape index (κ3) is 4.39. The Morgan fingerprint density at radius 3 is 2.50 bits per heavy atom. The third-order valence-corrected chi connectivity index (χ3v) is 4.00. The lowest BCUT2D eigenvalue weighted by molar-refractivity contribution is -0.124. The smallest absolute Gasteiger partial charge is 0.348 e. The van der Waals surface area contributed by atoms with Crippen LogP contribution in [0.2, 0.25) is 0 Å². The van der Waals surface area contributed by atoms with E-state index < -0.39 is 11.9 Å². The van der Waals surface area contributed by atoms with Crippen LogP contribution in [-0.2, 0) is 9.53 Å². The lowest BCUT2D eigenvalue weighted by Gasteiger charge is -2.14. The number of halogens is 1. The maximum Gasteiger partial charge on any atom is 0.348 e. The van der Waals surface area contributed by atoms with Crippen LogP contribution in [0.5, 0.6) is 0 Å². The molecule has 1 heterocycles. The molecule has 1 aromatic heterocycles. The number of carbonyl (C=O) groups is 2. The van der Waals surface area contributed by atoms with E-state index in [1.54, 1.807) is 25.1 Å². The Labute approximate surface area is 131 Å². The van der Waals surface area contributed by atoms with Crippen molar-refractivity contribution in [3.05, 3.63) is 57.5 Å². The highest BCUT2D eigenvalue weighted by Crippen LogP contribution is 2.16. The topological polar surface area (TPSA) is 55.4 Å². The molecule has 0 aliphatic carbocycles. The van der Waals surface area contributed by atoms with Crippen molar-refractivity contribution in [2.24, 2.45) is 0 Å². The molecule has 6 heteroatoms. The van der Waals surface area contributed by atoms with Gasteiger partial charge in [-0.3, -0.25) is 4.79 Å². The van der Waals surface area contributed by atoms with Crippen molar-refractivity contribution in [3.8, 4) is 0 Å². The highest BCUT2D eigenvalue weighted by atomic mass is 32.1. The van der Waals surface area contributed by atoms with E-state index in [1.807, 2.05) is 13.0 Å². The Balaban J connectivity index is 1.82. The molecule has 0 radical (unpaired) electrons. The molecule has 1 aromatic carbocycles. The maximum absolute atomic E-state index is 12.8. The number of hydrogen-bond donors (Lipinski definition) is 1. The van der Waals surface area contributed by atoms with Gasteiger partial charge in [0.2, 0.25) is 0 Å². The molecule has 116 valence electrons. The van der Waals surface area contributed by atoms with Crippen molar-refractivity contribution >= 4 is 23.2 Å². The average Bonchev–Trinajstić information content (AvgIpc) is 2.92. The average molecular weight is 321 g/mol. The van der Waals surface area contributed by atoms with E-state index >= 15 is 0 Å². The molecular formula is C16H16FNO3S. The number of nitrogens with one attached hydrogen (secondary N) is 1. The molecule has 2 rings (SSSR count). The van der Waals surface area contributed by atoms with Crippen LogP contribution < -0.4 is 5.32 Å². The normalized spacial score (nSPS) is 11.8. The zero-order valence-electron chi connectivity index (χ0n) is 12.3. The molecule has 0 saturated heterocycles. The zero-order chi connectivity index (χ0) is 16.1. The van der Waals surface area contributed by atoms with Gasteiger partial charge in [-0.2, -0.15) is 0 Å². The summed E-state index contributed by atoms with van der Waals surface area (Å²) >= 11 is 1.32. The van der Waals surface area contributed by atoms with Crippen molar-refractivity contribution in [1.29, 1.82) is 0 Å². The van der Waals surface area contributed by atoms with Crippen LogP contribution >= 0.6 is 11.3 Å². The minimum atomic E-state index is -0.511. The predicted octanol–water partition coefficient (Wildman–Crippen LogP) is 3.23. The number of hydrogen-bond acceptors (Lipinski definition) is 4. The summed E-state index contributed by atoms with van der Waals surface area (Å²) in [4.78, 5) is 25.0. The summed E-state index contributed by atoms with van der Waals surface area (Å²) in [6.07, 6.45) is 0. The highest BCUT2D eigenvalue weighted by Gasteiger charge is 2.14. The first-order valence-electron chi connectivity index (χ1n) is 6.74. The Hall–Kier alpha value is -2.21. The summed E-state index contributed by atoms with van der Waals surface area (Å²) in [5.41, 5.74) is 0.773. The van der Waals surface area contributed by atoms with Crippen LogP contribution in [0, 0.1) is 12.7 Å². The summed E-state index contributed by atoms with van der Waals surface area (Å²) in [6, 6.07) is 9.05. The number of benzene rings is 1. The number of carbonyl (C=O) groups excluding carboxylic acids is 2. The van der Waals surface area contributed by atoms with Gasteiger partial charge in [0.15, 0.2) is 6.61 Å². The predicted molar refractivity (Wildman–Crippen MR) is 82.3 cm³/mol. The fourth-order valence-electron chi connectivity index (χ4n) is 1.86. The number of rotatable bonds is 5. The molecule has 2 aromatic rings. The van der Waals surface area contributed by atoms with E-state index in [9.17, 15) is 14.0 Å². The van der Waals surface area contributed by atoms with Crippen molar-refractivity contribution in [2.45, 2.75) is 19.9 Å². The summed E-state index contributed by atoms with van der Waals surface area (Å²) in [6.45, 7) is 3.31. The largest absolute Gasteiger partial charge is 0.451 e. The molecule has 0 unspecified atom stereocenters. The van der Waals surface area contributed by atoms with Gasteiger partial charge in [-0.1, -0.05) is 12.1 Å². The first-order chi connectivity index (χ1) is 10.5. The van der Waals surface area contributed by atoms with Gasteiger partial charge in [0.25, 0.3) is 5.91 Å². The number of esters is 1. The monoisotopic (exact) mass is 321 g/mol. The number of aryl methyl sites for hydroxylation is 1. The Morgan fingerprint density at radius 2 is 1.91 bits per heavy atom. The van der Waals surface area contributed by atoms with Gasteiger partial charge < -0.3 is 10.1 Å². The van der Waals surface area contributed by atoms with Gasteiger partial charge in [-0.15, -0.1) is 11.3 Å². The molecule has 0 saturated carbocycles. The third-order valence-electron chi connectivity index (χ3n) is 3.02. The van der Waals surface area contributed by atoms with Gasteiger partial charge in [0.1, 0.15) is 10.7 Å². The Kier molecular flexibility index (Phi) is 5.27. The van der Waals surface area contributed by atoms with Crippen LogP contribution in [0.25, 0.3) is 0 Å². The highest BCUT2D eigenvalue weighted by molar-refractivity contribution is 7.13. The van der Waals surface area contributed by atoms with Gasteiger partial charge in [0, 0.05) is 4.88 Å². The van der Waals surface area contributed by atoms with Crippen molar-refractivity contribution < 1.29 is 18.7 Å². The summed E-state index contributed by atoms with van der Waals surface area (Å²) in [7, 11) is 0. The Bertz CT molecular complexity index is 666. The van der Waals surface area contributed by atoms with E-state index in [-0.39, 0.29) is 18.5 Å². The second kappa shape index (κ2) is 7.17. The standard InChI is InChI=1S/C16H16FNO3S/c1-10-3-8-14(22-10)16(20)21-9-15(19)18-11(2)12-4-6-13(17)7-5-12/h3-8,11H,9H2,1-2H3,(H,18,19)/t11-/m1/s1. The second-order valence-electron chi connectivity index (χ2n) is 4.83. The molecule has 1 N–H and O–H groups in total. The maximum atomic E-state index is 12.8. The number of thiophene rings is 1. The molecule has 1 atom stereocenters. The van der Waals surface area contributed by atoms with Gasteiger partial charge in [-0.25, -0.2) is 9.18 Å². The fraction of sp³-hybridized carbons (Fsp3) is 0.250.